The zero-order valence-electron chi connectivity index (χ0n) is 16.1. The van der Waals surface area contributed by atoms with Crippen molar-refractivity contribution in [2.75, 3.05) is 13.2 Å². The van der Waals surface area contributed by atoms with Gasteiger partial charge in [-0.15, -0.1) is 0 Å². The lowest BCUT2D eigenvalue weighted by atomic mass is 9.87. The minimum absolute atomic E-state index is 0.00446. The predicted octanol–water partition coefficient (Wildman–Crippen LogP) is 2.92. The van der Waals surface area contributed by atoms with Crippen molar-refractivity contribution in [3.8, 4) is 11.8 Å². The molecular formula is C22H20N2O5S. The van der Waals surface area contributed by atoms with E-state index in [0.29, 0.717) is 11.3 Å². The number of nitriles is 1. The number of nitrogens with zero attached hydrogens (tertiary/aromatic N) is 1. The van der Waals surface area contributed by atoms with Crippen molar-refractivity contribution in [1.29, 1.82) is 5.26 Å². The summed E-state index contributed by atoms with van der Waals surface area (Å²) in [4.78, 5) is 12.8. The molecule has 0 fully saturated rings. The van der Waals surface area contributed by atoms with Crippen LogP contribution in [0.25, 0.3) is 0 Å². The highest BCUT2D eigenvalue weighted by Crippen LogP contribution is 2.43. The molecule has 0 spiro atoms. The molecule has 0 saturated heterocycles. The van der Waals surface area contributed by atoms with Crippen LogP contribution < -0.4 is 10.1 Å². The van der Waals surface area contributed by atoms with Gasteiger partial charge in [-0.3, -0.25) is 0 Å². The van der Waals surface area contributed by atoms with Gasteiger partial charge in [-0.05, 0) is 17.7 Å². The summed E-state index contributed by atoms with van der Waals surface area (Å²) in [6.45, 7) is 7.32. The van der Waals surface area contributed by atoms with Gasteiger partial charge in [-0.25, -0.2) is 13.2 Å². The summed E-state index contributed by atoms with van der Waals surface area (Å²) in [5.41, 5.74) is 0.870. The molecular weight excluding hydrogens is 404 g/mol. The van der Waals surface area contributed by atoms with Gasteiger partial charge in [-0.1, -0.05) is 43.5 Å². The van der Waals surface area contributed by atoms with E-state index >= 15 is 0 Å². The zero-order chi connectivity index (χ0) is 21.7. The number of dihydropyridines is 1. The lowest BCUT2D eigenvalue weighted by Crippen LogP contribution is -2.32. The Labute approximate surface area is 175 Å². The van der Waals surface area contributed by atoms with Gasteiger partial charge in [0.05, 0.1) is 34.6 Å². The minimum Gasteiger partial charge on any atom is -0.486 e. The van der Waals surface area contributed by atoms with Crippen molar-refractivity contribution in [3.05, 3.63) is 83.6 Å². The first-order chi connectivity index (χ1) is 14.5. The fourth-order valence-electron chi connectivity index (χ4n) is 3.32. The Morgan fingerprint density at radius 3 is 2.83 bits per heavy atom. The van der Waals surface area contributed by atoms with Gasteiger partial charge in [0, 0.05) is 6.20 Å². The summed E-state index contributed by atoms with van der Waals surface area (Å²) in [5.74, 6) is -1.45. The van der Waals surface area contributed by atoms with Crippen LogP contribution in [0, 0.1) is 17.2 Å². The quantitative estimate of drug-likeness (QED) is 0.425. The Morgan fingerprint density at radius 2 is 2.13 bits per heavy atom. The molecule has 0 saturated carbocycles. The number of para-hydroxylation sites is 1. The number of allylic oxidation sites excluding steroid dienone is 5. The van der Waals surface area contributed by atoms with E-state index in [9.17, 15) is 13.2 Å². The Hall–Kier alpha value is -3.57. The molecule has 2 aliphatic heterocycles. The summed E-state index contributed by atoms with van der Waals surface area (Å²) in [6, 6.07) is 8.24. The summed E-state index contributed by atoms with van der Waals surface area (Å²) < 4.78 is 38.1. The third-order valence-electron chi connectivity index (χ3n) is 4.63. The average Bonchev–Trinajstić information content (AvgIpc) is 2.86. The van der Waals surface area contributed by atoms with E-state index in [1.165, 1.54) is 24.4 Å². The Bertz CT molecular complexity index is 1140. The maximum Gasteiger partial charge on any atom is 0.336 e. The zero-order valence-corrected chi connectivity index (χ0v) is 16.9. The highest BCUT2D eigenvalue weighted by atomic mass is 32.2. The molecule has 0 aromatic heterocycles. The van der Waals surface area contributed by atoms with E-state index in [1.54, 1.807) is 24.3 Å². The van der Waals surface area contributed by atoms with Crippen LogP contribution in [0.4, 0.5) is 0 Å². The van der Waals surface area contributed by atoms with Gasteiger partial charge >= 0.3 is 5.97 Å². The van der Waals surface area contributed by atoms with Gasteiger partial charge in [0.25, 0.3) is 0 Å². The largest absolute Gasteiger partial charge is 0.486 e. The molecule has 8 heteroatoms. The first kappa shape index (κ1) is 21.1. The lowest BCUT2D eigenvalue weighted by Gasteiger charge is -2.28. The van der Waals surface area contributed by atoms with E-state index in [0.717, 1.165) is 0 Å². The van der Waals surface area contributed by atoms with Crippen molar-refractivity contribution in [2.45, 2.75) is 11.3 Å². The molecule has 1 aromatic rings. The first-order valence-electron chi connectivity index (χ1n) is 9.11. The van der Waals surface area contributed by atoms with E-state index in [2.05, 4.69) is 18.5 Å². The Balaban J connectivity index is 2.17. The van der Waals surface area contributed by atoms with E-state index < -0.39 is 21.7 Å². The van der Waals surface area contributed by atoms with Crippen LogP contribution in [0.1, 0.15) is 6.42 Å². The van der Waals surface area contributed by atoms with Crippen molar-refractivity contribution >= 4 is 15.8 Å². The average molecular weight is 424 g/mol. The van der Waals surface area contributed by atoms with Crippen molar-refractivity contribution < 1.29 is 22.7 Å². The molecule has 154 valence electrons. The monoisotopic (exact) mass is 424 g/mol. The van der Waals surface area contributed by atoms with E-state index in [4.69, 9.17) is 14.7 Å². The standard InChI is InChI=1S/C22H20N2O5S/c1-3-8-15(4-2)20-16(22(25)28-12-7-11-23)13-24-17-14-29-18-9-5-6-10-19(18)30(26,27)21(17)20/h3-6,8-10,13,20,24H,1-2,7,12,14H2/b15-8+. The molecule has 1 aromatic carbocycles. The second-order valence-electron chi connectivity index (χ2n) is 6.41. The number of hydrogen-bond donors (Lipinski definition) is 1. The van der Waals surface area contributed by atoms with Crippen LogP contribution in [0.15, 0.2) is 88.5 Å². The second-order valence-corrected chi connectivity index (χ2v) is 8.30. The van der Waals surface area contributed by atoms with Gasteiger partial charge in [-0.2, -0.15) is 5.26 Å². The molecule has 2 aliphatic rings. The normalized spacial score (nSPS) is 19.5. The minimum atomic E-state index is -4.03. The number of rotatable bonds is 6. The van der Waals surface area contributed by atoms with Gasteiger partial charge in [0.1, 0.15) is 23.9 Å². The van der Waals surface area contributed by atoms with Gasteiger partial charge < -0.3 is 14.8 Å². The van der Waals surface area contributed by atoms with Gasteiger partial charge in [0.15, 0.2) is 0 Å². The highest BCUT2D eigenvalue weighted by Gasteiger charge is 2.42. The van der Waals surface area contributed by atoms with Crippen LogP contribution in [0.5, 0.6) is 5.75 Å². The topological polar surface area (TPSA) is 105 Å². The fraction of sp³-hybridized carbons (Fsp3) is 0.182. The maximum atomic E-state index is 13.6. The van der Waals surface area contributed by atoms with E-state index in [1.807, 2.05) is 6.07 Å². The number of carbonyl (C=O) groups is 1. The highest BCUT2D eigenvalue weighted by molar-refractivity contribution is 7.95. The summed E-state index contributed by atoms with van der Waals surface area (Å²) >= 11 is 0. The first-order valence-corrected chi connectivity index (χ1v) is 10.6. The summed E-state index contributed by atoms with van der Waals surface area (Å²) in [5, 5.41) is 11.6. The second kappa shape index (κ2) is 8.84. The van der Waals surface area contributed by atoms with Crippen molar-refractivity contribution in [2.24, 2.45) is 5.92 Å². The molecule has 3 rings (SSSR count). The van der Waals surface area contributed by atoms with Crippen LogP contribution in [0.2, 0.25) is 0 Å². The van der Waals surface area contributed by atoms with Crippen molar-refractivity contribution in [1.82, 2.24) is 5.32 Å². The molecule has 1 unspecified atom stereocenters. The molecule has 1 atom stereocenters. The Morgan fingerprint density at radius 1 is 1.37 bits per heavy atom. The fourth-order valence-corrected chi connectivity index (χ4v) is 5.23. The number of ether oxygens (including phenoxy) is 2. The number of sulfone groups is 1. The number of carbonyl (C=O) groups excluding carboxylic acids is 1. The molecule has 2 heterocycles. The Kier molecular flexibility index (Phi) is 6.23. The number of fused-ring (bicyclic) bond motifs is 1. The molecule has 0 aliphatic carbocycles. The van der Waals surface area contributed by atoms with Crippen LogP contribution >= 0.6 is 0 Å². The smallest absolute Gasteiger partial charge is 0.336 e. The predicted molar refractivity (Wildman–Crippen MR) is 111 cm³/mol. The number of benzene rings is 1. The van der Waals surface area contributed by atoms with Crippen LogP contribution in [-0.4, -0.2) is 27.6 Å². The molecule has 30 heavy (non-hydrogen) atoms. The summed E-state index contributed by atoms with van der Waals surface area (Å²) in [6.07, 6.45) is 6.00. The molecule has 0 amide bonds. The lowest BCUT2D eigenvalue weighted by molar-refractivity contribution is -0.139. The van der Waals surface area contributed by atoms with E-state index in [-0.39, 0.29) is 40.8 Å². The number of nitrogens with one attached hydrogen (secondary N) is 1. The van der Waals surface area contributed by atoms with Crippen LogP contribution in [-0.2, 0) is 19.4 Å². The third-order valence-corrected chi connectivity index (χ3v) is 6.61. The number of hydrogen-bond acceptors (Lipinski definition) is 7. The SMILES string of the molecule is C=C/C=C(\C=C)C1C(C(=O)OCCC#N)=CNC2=C1S(=O)(=O)c1ccccc1OC2. The molecule has 1 N–H and O–H groups in total. The van der Waals surface area contributed by atoms with Gasteiger partial charge in [0.2, 0.25) is 9.84 Å². The van der Waals surface area contributed by atoms with Crippen LogP contribution in [0.3, 0.4) is 0 Å². The van der Waals surface area contributed by atoms with Crippen molar-refractivity contribution in [3.63, 3.8) is 0 Å². The number of esters is 1. The molecule has 7 nitrogen and oxygen atoms in total. The molecule has 0 bridgehead atoms. The third kappa shape index (κ3) is 3.80. The molecule has 0 radical (unpaired) electrons. The maximum absolute atomic E-state index is 13.6. The summed E-state index contributed by atoms with van der Waals surface area (Å²) in [7, 11) is -4.03.